The molecule has 2 amide bonds. The topological polar surface area (TPSA) is 78.4 Å². The fourth-order valence-electron chi connectivity index (χ4n) is 2.36. The summed E-state index contributed by atoms with van der Waals surface area (Å²) < 4.78 is 0. The molecule has 1 aliphatic carbocycles. The average Bonchev–Trinajstić information content (AvgIpc) is 3.28. The van der Waals surface area contributed by atoms with Crippen LogP contribution in [0.15, 0.2) is 24.3 Å². The highest BCUT2D eigenvalue weighted by atomic mass is 35.5. The van der Waals surface area contributed by atoms with E-state index in [1.54, 1.807) is 12.1 Å². The van der Waals surface area contributed by atoms with Crippen LogP contribution in [0, 0.1) is 5.92 Å². The number of aliphatic hydroxyl groups excluding tert-OH is 1. The zero-order valence-electron chi connectivity index (χ0n) is 13.6. The quantitative estimate of drug-likeness (QED) is 0.742. The Bertz CT molecular complexity index is 597. The average molecular weight is 339 g/mol. The first-order valence-corrected chi connectivity index (χ1v) is 8.15. The van der Waals surface area contributed by atoms with Crippen LogP contribution in [-0.4, -0.2) is 29.1 Å². The van der Waals surface area contributed by atoms with Crippen LogP contribution in [0.4, 0.5) is 0 Å². The van der Waals surface area contributed by atoms with Gasteiger partial charge in [-0.3, -0.25) is 9.59 Å². The lowest BCUT2D eigenvalue weighted by Crippen LogP contribution is -2.56. The van der Waals surface area contributed by atoms with Crippen molar-refractivity contribution in [2.75, 3.05) is 0 Å². The van der Waals surface area contributed by atoms with Crippen molar-refractivity contribution in [3.63, 3.8) is 0 Å². The number of benzene rings is 1. The van der Waals surface area contributed by atoms with E-state index in [0.717, 1.165) is 18.4 Å². The molecular weight excluding hydrogens is 316 g/mol. The van der Waals surface area contributed by atoms with E-state index in [0.29, 0.717) is 5.02 Å². The number of aliphatic hydroxyl groups is 1. The summed E-state index contributed by atoms with van der Waals surface area (Å²) in [6.45, 7) is 5.18. The molecule has 0 aromatic heterocycles. The van der Waals surface area contributed by atoms with Crippen LogP contribution >= 0.6 is 11.6 Å². The molecule has 2 atom stereocenters. The van der Waals surface area contributed by atoms with Gasteiger partial charge in [0.1, 0.15) is 6.04 Å². The molecule has 3 N–H and O–H groups in total. The van der Waals surface area contributed by atoms with Crippen LogP contribution in [0.25, 0.3) is 0 Å². The molecule has 0 aliphatic heterocycles. The summed E-state index contributed by atoms with van der Waals surface area (Å²) in [4.78, 5) is 24.4. The summed E-state index contributed by atoms with van der Waals surface area (Å²) in [7, 11) is 0. The maximum atomic E-state index is 12.5. The van der Waals surface area contributed by atoms with Crippen LogP contribution in [0.1, 0.15) is 39.2 Å². The highest BCUT2D eigenvalue weighted by molar-refractivity contribution is 6.30. The maximum Gasteiger partial charge on any atom is 0.245 e. The number of amides is 2. The van der Waals surface area contributed by atoms with Gasteiger partial charge in [0.25, 0.3) is 0 Å². The number of nitrogens with one attached hydrogen (secondary N) is 2. The van der Waals surface area contributed by atoms with Crippen molar-refractivity contribution in [3.05, 3.63) is 34.9 Å². The fraction of sp³-hybridized carbons (Fsp3) is 0.529. The van der Waals surface area contributed by atoms with Gasteiger partial charge in [0.2, 0.25) is 11.8 Å². The van der Waals surface area contributed by atoms with Crippen molar-refractivity contribution in [1.29, 1.82) is 0 Å². The van der Waals surface area contributed by atoms with E-state index in [2.05, 4.69) is 10.6 Å². The second-order valence-electron chi connectivity index (χ2n) is 6.63. The van der Waals surface area contributed by atoms with Crippen LogP contribution in [0.2, 0.25) is 5.02 Å². The van der Waals surface area contributed by atoms with Gasteiger partial charge in [-0.1, -0.05) is 23.7 Å². The molecule has 0 spiro atoms. The van der Waals surface area contributed by atoms with Crippen LogP contribution < -0.4 is 10.6 Å². The Kier molecular flexibility index (Phi) is 5.32. The number of hydrogen-bond acceptors (Lipinski definition) is 3. The molecule has 6 heteroatoms. The highest BCUT2D eigenvalue weighted by Gasteiger charge is 2.35. The monoisotopic (exact) mass is 338 g/mol. The third-order valence-electron chi connectivity index (χ3n) is 3.99. The number of carbonyl (C=O) groups is 2. The standard InChI is InChI=1S/C17H23ClN2O3/c1-10(21)14(19-15(22)11-7-8-11)16(23)20-17(2,3)12-5-4-6-13(18)9-12/h4-6,9-11,14,21H,7-8H2,1-3H3,(H,19,22)(H,20,23). The van der Waals surface area contributed by atoms with Gasteiger partial charge in [0.05, 0.1) is 11.6 Å². The van der Waals surface area contributed by atoms with Crippen molar-refractivity contribution >= 4 is 23.4 Å². The molecule has 2 rings (SSSR count). The summed E-state index contributed by atoms with van der Waals surface area (Å²) in [6, 6.07) is 6.25. The Morgan fingerprint density at radius 3 is 2.52 bits per heavy atom. The number of rotatable bonds is 6. The van der Waals surface area contributed by atoms with Crippen molar-refractivity contribution in [1.82, 2.24) is 10.6 Å². The zero-order valence-corrected chi connectivity index (χ0v) is 14.4. The molecule has 1 saturated carbocycles. The molecule has 0 radical (unpaired) electrons. The van der Waals surface area contributed by atoms with E-state index in [4.69, 9.17) is 11.6 Å². The van der Waals surface area contributed by atoms with Gasteiger partial charge in [-0.2, -0.15) is 0 Å². The minimum absolute atomic E-state index is 0.0232. The Morgan fingerprint density at radius 1 is 1.35 bits per heavy atom. The molecule has 1 aromatic carbocycles. The van der Waals surface area contributed by atoms with Crippen molar-refractivity contribution in [3.8, 4) is 0 Å². The van der Waals surface area contributed by atoms with Crippen LogP contribution in [-0.2, 0) is 15.1 Å². The first-order chi connectivity index (χ1) is 10.7. The van der Waals surface area contributed by atoms with Crippen LogP contribution in [0.5, 0.6) is 0 Å². The number of carbonyl (C=O) groups excluding carboxylic acids is 2. The Morgan fingerprint density at radius 2 is 2.00 bits per heavy atom. The SMILES string of the molecule is CC(O)C(NC(=O)C1CC1)C(=O)NC(C)(C)c1cccc(Cl)c1. The van der Waals surface area contributed by atoms with Crippen LogP contribution in [0.3, 0.4) is 0 Å². The van der Waals surface area contributed by atoms with Gasteiger partial charge >= 0.3 is 0 Å². The molecule has 126 valence electrons. The second-order valence-corrected chi connectivity index (χ2v) is 7.06. The van der Waals surface area contributed by atoms with E-state index >= 15 is 0 Å². The van der Waals surface area contributed by atoms with E-state index in [9.17, 15) is 14.7 Å². The van der Waals surface area contributed by atoms with Gasteiger partial charge in [0.15, 0.2) is 0 Å². The Hall–Kier alpha value is -1.59. The highest BCUT2D eigenvalue weighted by Crippen LogP contribution is 2.29. The molecule has 2 unspecified atom stereocenters. The van der Waals surface area contributed by atoms with Gasteiger partial charge in [-0.05, 0) is 51.3 Å². The number of hydrogen-bond donors (Lipinski definition) is 3. The molecule has 0 bridgehead atoms. The number of halogens is 1. The minimum Gasteiger partial charge on any atom is -0.391 e. The lowest BCUT2D eigenvalue weighted by Gasteiger charge is -2.30. The lowest BCUT2D eigenvalue weighted by atomic mass is 9.93. The maximum absolute atomic E-state index is 12.5. The Balaban J connectivity index is 2.08. The molecule has 23 heavy (non-hydrogen) atoms. The summed E-state index contributed by atoms with van der Waals surface area (Å²) in [6.07, 6.45) is 0.704. The predicted octanol–water partition coefficient (Wildman–Crippen LogP) is 1.97. The van der Waals surface area contributed by atoms with E-state index in [1.807, 2.05) is 26.0 Å². The van der Waals surface area contributed by atoms with E-state index < -0.39 is 23.6 Å². The summed E-state index contributed by atoms with van der Waals surface area (Å²) >= 11 is 6.00. The summed E-state index contributed by atoms with van der Waals surface area (Å²) in [5.41, 5.74) is 0.163. The minimum atomic E-state index is -0.979. The lowest BCUT2D eigenvalue weighted by molar-refractivity contribution is -0.133. The van der Waals surface area contributed by atoms with E-state index in [-0.39, 0.29) is 11.8 Å². The van der Waals surface area contributed by atoms with Crippen molar-refractivity contribution in [2.45, 2.75) is 51.3 Å². The molecule has 1 aromatic rings. The third kappa shape index (κ3) is 4.69. The summed E-state index contributed by atoms with van der Waals surface area (Å²) in [5.74, 6) is -0.615. The first-order valence-electron chi connectivity index (χ1n) is 7.77. The second kappa shape index (κ2) is 6.89. The summed E-state index contributed by atoms with van der Waals surface area (Å²) in [5, 5.41) is 15.9. The van der Waals surface area contributed by atoms with Crippen molar-refractivity contribution in [2.24, 2.45) is 5.92 Å². The van der Waals surface area contributed by atoms with Gasteiger partial charge in [-0.25, -0.2) is 0 Å². The largest absolute Gasteiger partial charge is 0.391 e. The smallest absolute Gasteiger partial charge is 0.245 e. The third-order valence-corrected chi connectivity index (χ3v) is 4.23. The molecular formula is C17H23ClN2O3. The molecule has 1 aliphatic rings. The fourth-order valence-corrected chi connectivity index (χ4v) is 2.55. The molecule has 1 fully saturated rings. The molecule has 0 saturated heterocycles. The van der Waals surface area contributed by atoms with Gasteiger partial charge < -0.3 is 15.7 Å². The van der Waals surface area contributed by atoms with Crippen molar-refractivity contribution < 1.29 is 14.7 Å². The predicted molar refractivity (Wildman–Crippen MR) is 89.0 cm³/mol. The van der Waals surface area contributed by atoms with Gasteiger partial charge in [-0.15, -0.1) is 0 Å². The molecule has 0 heterocycles. The normalized spacial score (nSPS) is 17.3. The molecule has 5 nitrogen and oxygen atoms in total. The Labute approximate surface area is 141 Å². The zero-order chi connectivity index (χ0) is 17.2. The van der Waals surface area contributed by atoms with E-state index in [1.165, 1.54) is 6.92 Å². The first kappa shape index (κ1) is 17.8. The van der Waals surface area contributed by atoms with Gasteiger partial charge in [0, 0.05) is 10.9 Å².